The Balaban J connectivity index is 1.48. The van der Waals surface area contributed by atoms with Crippen LogP contribution < -0.4 is 4.74 Å². The Morgan fingerprint density at radius 2 is 1.53 bits per heavy atom. The summed E-state index contributed by atoms with van der Waals surface area (Å²) < 4.78 is 49.1. The first kappa shape index (κ1) is 24.1. The summed E-state index contributed by atoms with van der Waals surface area (Å²) in [7, 11) is 0. The third kappa shape index (κ3) is 5.36. The molecule has 1 fully saturated rings. The standard InChI is InChI=1S/C29H29F3O2/c1-2-34-27-16-9-20(17-26(27)30)4-3-19-5-10-22(11-6-19)24-14-15-25(29(32)28(24)31)23-12-7-21(18-33)8-13-23/h3-6,9-11,14-17,21,23,33H,2,7-8,12-13,18H2,1H3. The lowest BCUT2D eigenvalue weighted by atomic mass is 9.78. The fourth-order valence-corrected chi connectivity index (χ4v) is 4.62. The molecular weight excluding hydrogens is 437 g/mol. The first-order valence-electron chi connectivity index (χ1n) is 11.8. The summed E-state index contributed by atoms with van der Waals surface area (Å²) >= 11 is 0. The zero-order valence-electron chi connectivity index (χ0n) is 19.2. The van der Waals surface area contributed by atoms with Crippen LogP contribution in [0.25, 0.3) is 23.3 Å². The minimum Gasteiger partial charge on any atom is -0.491 e. The van der Waals surface area contributed by atoms with Gasteiger partial charge in [0, 0.05) is 12.2 Å². The van der Waals surface area contributed by atoms with Crippen LogP contribution in [0.2, 0.25) is 0 Å². The quantitative estimate of drug-likeness (QED) is 0.363. The third-order valence-corrected chi connectivity index (χ3v) is 6.60. The van der Waals surface area contributed by atoms with Gasteiger partial charge in [-0.3, -0.25) is 0 Å². The Hall–Kier alpha value is -3.05. The zero-order valence-corrected chi connectivity index (χ0v) is 19.2. The second-order valence-corrected chi connectivity index (χ2v) is 8.81. The molecule has 3 aromatic carbocycles. The summed E-state index contributed by atoms with van der Waals surface area (Å²) in [6.07, 6.45) is 6.82. The van der Waals surface area contributed by atoms with Crippen molar-refractivity contribution < 1.29 is 23.0 Å². The number of hydrogen-bond donors (Lipinski definition) is 1. The van der Waals surface area contributed by atoms with E-state index in [-0.39, 0.29) is 29.8 Å². The van der Waals surface area contributed by atoms with Gasteiger partial charge in [-0.15, -0.1) is 0 Å². The Morgan fingerprint density at radius 3 is 2.18 bits per heavy atom. The lowest BCUT2D eigenvalue weighted by Crippen LogP contribution is -2.17. The van der Waals surface area contributed by atoms with Crippen molar-refractivity contribution in [2.45, 2.75) is 38.5 Å². The van der Waals surface area contributed by atoms with Crippen LogP contribution in [0.3, 0.4) is 0 Å². The normalized spacial score (nSPS) is 18.4. The molecule has 3 aromatic rings. The average molecular weight is 467 g/mol. The van der Waals surface area contributed by atoms with E-state index < -0.39 is 17.5 Å². The smallest absolute Gasteiger partial charge is 0.166 e. The summed E-state index contributed by atoms with van der Waals surface area (Å²) in [5, 5.41) is 9.30. The molecule has 1 aliphatic rings. The van der Waals surface area contributed by atoms with Crippen LogP contribution in [0.5, 0.6) is 5.75 Å². The summed E-state index contributed by atoms with van der Waals surface area (Å²) in [6.45, 7) is 2.36. The summed E-state index contributed by atoms with van der Waals surface area (Å²) in [5.74, 6) is -1.53. The van der Waals surface area contributed by atoms with Crippen molar-refractivity contribution in [2.24, 2.45) is 5.92 Å². The molecule has 0 heterocycles. The molecule has 0 atom stereocenters. The van der Waals surface area contributed by atoms with Gasteiger partial charge in [0.25, 0.3) is 0 Å². The second-order valence-electron chi connectivity index (χ2n) is 8.81. The highest BCUT2D eigenvalue weighted by Crippen LogP contribution is 2.38. The Bertz CT molecular complexity index is 1150. The Morgan fingerprint density at radius 1 is 0.853 bits per heavy atom. The lowest BCUT2D eigenvalue weighted by Gasteiger charge is -2.28. The molecule has 0 amide bonds. The van der Waals surface area contributed by atoms with E-state index in [1.54, 1.807) is 49.4 Å². The van der Waals surface area contributed by atoms with Gasteiger partial charge in [-0.1, -0.05) is 54.6 Å². The summed E-state index contributed by atoms with van der Waals surface area (Å²) in [6, 6.07) is 15.3. The number of hydrogen-bond acceptors (Lipinski definition) is 2. The van der Waals surface area contributed by atoms with Crippen LogP contribution in [-0.2, 0) is 0 Å². The van der Waals surface area contributed by atoms with Gasteiger partial charge >= 0.3 is 0 Å². The van der Waals surface area contributed by atoms with E-state index in [1.807, 2.05) is 18.2 Å². The minimum absolute atomic E-state index is 0.00805. The average Bonchev–Trinajstić information content (AvgIpc) is 2.86. The van der Waals surface area contributed by atoms with Gasteiger partial charge in [-0.05, 0) is 78.8 Å². The van der Waals surface area contributed by atoms with E-state index in [1.165, 1.54) is 6.07 Å². The van der Waals surface area contributed by atoms with E-state index in [9.17, 15) is 18.3 Å². The van der Waals surface area contributed by atoms with Crippen molar-refractivity contribution in [3.05, 3.63) is 88.7 Å². The van der Waals surface area contributed by atoms with Crippen LogP contribution in [0, 0.1) is 23.4 Å². The predicted molar refractivity (Wildman–Crippen MR) is 130 cm³/mol. The van der Waals surface area contributed by atoms with Gasteiger partial charge < -0.3 is 9.84 Å². The molecule has 0 radical (unpaired) electrons. The van der Waals surface area contributed by atoms with Gasteiger partial charge in [0.15, 0.2) is 23.2 Å². The van der Waals surface area contributed by atoms with Crippen molar-refractivity contribution in [1.82, 2.24) is 0 Å². The molecule has 1 aliphatic carbocycles. The molecular formula is C29H29F3O2. The van der Waals surface area contributed by atoms with Gasteiger partial charge in [0.2, 0.25) is 0 Å². The first-order chi connectivity index (χ1) is 16.5. The highest BCUT2D eigenvalue weighted by Gasteiger charge is 2.26. The number of aliphatic hydroxyl groups excluding tert-OH is 1. The molecule has 4 rings (SSSR count). The molecule has 2 nitrogen and oxygen atoms in total. The minimum atomic E-state index is -0.824. The fraction of sp³-hybridized carbons (Fsp3) is 0.310. The van der Waals surface area contributed by atoms with Crippen molar-refractivity contribution in [2.75, 3.05) is 13.2 Å². The number of aliphatic hydroxyl groups is 1. The number of ether oxygens (including phenoxy) is 1. The molecule has 1 saturated carbocycles. The number of rotatable bonds is 7. The number of benzene rings is 3. The largest absolute Gasteiger partial charge is 0.491 e. The van der Waals surface area contributed by atoms with E-state index in [2.05, 4.69) is 0 Å². The van der Waals surface area contributed by atoms with Crippen LogP contribution in [0.4, 0.5) is 13.2 Å². The van der Waals surface area contributed by atoms with Crippen molar-refractivity contribution in [3.63, 3.8) is 0 Å². The van der Waals surface area contributed by atoms with Gasteiger partial charge in [-0.2, -0.15) is 0 Å². The molecule has 34 heavy (non-hydrogen) atoms. The fourth-order valence-electron chi connectivity index (χ4n) is 4.62. The van der Waals surface area contributed by atoms with Crippen LogP contribution in [-0.4, -0.2) is 18.3 Å². The van der Waals surface area contributed by atoms with Gasteiger partial charge in [0.1, 0.15) is 0 Å². The van der Waals surface area contributed by atoms with Gasteiger partial charge in [0.05, 0.1) is 6.61 Å². The van der Waals surface area contributed by atoms with E-state index >= 15 is 0 Å². The molecule has 0 bridgehead atoms. The van der Waals surface area contributed by atoms with Crippen molar-refractivity contribution in [1.29, 1.82) is 0 Å². The monoisotopic (exact) mass is 466 g/mol. The first-order valence-corrected chi connectivity index (χ1v) is 11.8. The highest BCUT2D eigenvalue weighted by atomic mass is 19.2. The Labute approximate surface area is 198 Å². The topological polar surface area (TPSA) is 29.5 Å². The Kier molecular flexibility index (Phi) is 7.73. The molecule has 0 unspecified atom stereocenters. The van der Waals surface area contributed by atoms with E-state index in [0.717, 1.165) is 31.2 Å². The zero-order chi connectivity index (χ0) is 24.1. The molecule has 0 saturated heterocycles. The van der Waals surface area contributed by atoms with Crippen LogP contribution in [0.15, 0.2) is 54.6 Å². The van der Waals surface area contributed by atoms with Gasteiger partial charge in [-0.25, -0.2) is 13.2 Å². The number of halogens is 3. The SMILES string of the molecule is CCOc1ccc(C=Cc2ccc(-c3ccc(C4CCC(CO)CC4)c(F)c3F)cc2)cc1F. The van der Waals surface area contributed by atoms with E-state index in [4.69, 9.17) is 4.74 Å². The maximum Gasteiger partial charge on any atom is 0.166 e. The van der Waals surface area contributed by atoms with Crippen LogP contribution >= 0.6 is 0 Å². The predicted octanol–water partition coefficient (Wildman–Crippen LogP) is 7.61. The molecule has 5 heteroatoms. The molecule has 0 spiro atoms. The highest BCUT2D eigenvalue weighted by molar-refractivity contribution is 5.72. The van der Waals surface area contributed by atoms with Crippen molar-refractivity contribution >= 4 is 12.2 Å². The molecule has 178 valence electrons. The van der Waals surface area contributed by atoms with Crippen molar-refractivity contribution in [3.8, 4) is 16.9 Å². The maximum atomic E-state index is 15.0. The second kappa shape index (κ2) is 10.9. The molecule has 0 aliphatic heterocycles. The maximum absolute atomic E-state index is 15.0. The van der Waals surface area contributed by atoms with E-state index in [0.29, 0.717) is 23.3 Å². The molecule has 0 aromatic heterocycles. The lowest BCUT2D eigenvalue weighted by molar-refractivity contribution is 0.181. The van der Waals surface area contributed by atoms with Crippen LogP contribution in [0.1, 0.15) is 55.2 Å². The summed E-state index contributed by atoms with van der Waals surface area (Å²) in [5.41, 5.74) is 2.81. The third-order valence-electron chi connectivity index (χ3n) is 6.60. The molecule has 1 N–H and O–H groups in total. The summed E-state index contributed by atoms with van der Waals surface area (Å²) in [4.78, 5) is 0.